The van der Waals surface area contributed by atoms with Crippen molar-refractivity contribution >= 4 is 31.6 Å². The highest BCUT2D eigenvalue weighted by Crippen LogP contribution is 2.60. The number of non-ortho nitro benzene ring substituents is 1. The number of ether oxygens (including phenoxy) is 1. The zero-order chi connectivity index (χ0) is 24.3. The normalized spacial score (nSPS) is 31.5. The van der Waals surface area contributed by atoms with Crippen LogP contribution in [0.2, 0.25) is 18.6 Å². The van der Waals surface area contributed by atoms with Crippen LogP contribution in [0.4, 0.5) is 15.5 Å². The van der Waals surface area contributed by atoms with E-state index >= 15 is 4.11 Å². The van der Waals surface area contributed by atoms with Crippen molar-refractivity contribution in [1.82, 2.24) is 4.90 Å². The molecule has 33 heavy (non-hydrogen) atoms. The summed E-state index contributed by atoms with van der Waals surface area (Å²) < 4.78 is 22.0. The second kappa shape index (κ2) is 8.14. The number of likely N-dealkylation sites (N-methyl/N-ethyl adjacent to an activating group) is 1. The Bertz CT molecular complexity index is 1000. The van der Waals surface area contributed by atoms with Gasteiger partial charge in [0, 0.05) is 42.7 Å². The molecule has 4 rings (SSSR count). The van der Waals surface area contributed by atoms with Crippen LogP contribution in [0.1, 0.15) is 31.7 Å². The Morgan fingerprint density at radius 3 is 2.73 bits per heavy atom. The summed E-state index contributed by atoms with van der Waals surface area (Å²) >= 11 is 0. The number of benzene rings is 1. The Morgan fingerprint density at radius 1 is 1.42 bits per heavy atom. The van der Waals surface area contributed by atoms with Crippen LogP contribution >= 0.6 is 0 Å². The van der Waals surface area contributed by atoms with Crippen LogP contribution in [0.5, 0.6) is 0 Å². The zero-order valence-corrected chi connectivity index (χ0v) is 20.3. The third kappa shape index (κ3) is 3.57. The molecule has 3 aliphatic rings. The molecular weight excluding hydrogens is 449 g/mol. The van der Waals surface area contributed by atoms with Crippen LogP contribution < -0.4 is 4.90 Å². The van der Waals surface area contributed by atoms with Gasteiger partial charge in [-0.3, -0.25) is 19.7 Å². The summed E-state index contributed by atoms with van der Waals surface area (Å²) in [6.07, 6.45) is 0.549. The Hall–Kier alpha value is -2.37. The fourth-order valence-corrected chi connectivity index (χ4v) is 8.59. The van der Waals surface area contributed by atoms with Crippen LogP contribution in [0, 0.1) is 16.0 Å². The maximum Gasteiger partial charge on any atom is 0.269 e. The average Bonchev–Trinajstić information content (AvgIpc) is 3.39. The molecule has 11 heteroatoms. The maximum absolute atomic E-state index is 15.7. The number of likely N-dealkylation sites (tertiary alicyclic amines) is 1. The zero-order valence-electron chi connectivity index (χ0n) is 19.3. The first kappa shape index (κ1) is 23.8. The number of rotatable bonds is 5. The second-order valence-corrected chi connectivity index (χ2v) is 13.7. The first-order valence-electron chi connectivity index (χ1n) is 11.3. The van der Waals surface area contributed by atoms with E-state index in [0.29, 0.717) is 24.2 Å². The standard InChI is InChI=1S/C22H30FN3O6Si/c1-13-20(33(3,4)23)18(11-19(28)25-9-5-6-15(25)12-27)32-22(13)16-10-14(26(30)31)7-8-17(16)24(2)21(22)29/h7-8,10,13,15,18,20,27H,5-6,9,11-12H2,1-4H3/t13-,15-,18+,20-,22+/m0/s1. The predicted octanol–water partition coefficient (Wildman–Crippen LogP) is 2.72. The SMILES string of the molecule is C[C@H]1[C@H]([Si](C)(C)F)[C@@H](CC(=O)N2CCC[C@H]2CO)O[C@]12C(=O)N(C)c1ccc([N+](=O)[O-])cc12. The number of nitro groups is 1. The summed E-state index contributed by atoms with van der Waals surface area (Å²) in [6, 6.07) is 3.92. The minimum Gasteiger partial charge on any atom is -0.394 e. The number of amides is 2. The van der Waals surface area contributed by atoms with Gasteiger partial charge in [-0.1, -0.05) is 6.92 Å². The van der Waals surface area contributed by atoms with E-state index in [1.54, 1.807) is 18.9 Å². The van der Waals surface area contributed by atoms with Crippen molar-refractivity contribution in [2.75, 3.05) is 25.1 Å². The number of carbonyl (C=O) groups excluding carboxylic acids is 2. The highest BCUT2D eigenvalue weighted by Gasteiger charge is 2.66. The van der Waals surface area contributed by atoms with E-state index in [9.17, 15) is 24.8 Å². The molecule has 0 saturated carbocycles. The summed E-state index contributed by atoms with van der Waals surface area (Å²) in [5, 5.41) is 21.0. The molecular formula is C22H30FN3O6Si. The monoisotopic (exact) mass is 479 g/mol. The number of anilines is 1. The molecule has 3 aliphatic heterocycles. The molecule has 1 N–H and O–H groups in total. The lowest BCUT2D eigenvalue weighted by Crippen LogP contribution is -2.44. The van der Waals surface area contributed by atoms with Crippen LogP contribution in [-0.4, -0.2) is 67.5 Å². The molecule has 3 heterocycles. The van der Waals surface area contributed by atoms with Crippen molar-refractivity contribution in [2.24, 2.45) is 5.92 Å². The number of nitro benzene ring substituents is 1. The lowest BCUT2D eigenvalue weighted by Gasteiger charge is -2.31. The fourth-order valence-electron chi connectivity index (χ4n) is 6.10. The lowest BCUT2D eigenvalue weighted by molar-refractivity contribution is -0.385. The van der Waals surface area contributed by atoms with E-state index in [1.807, 2.05) is 0 Å². The topological polar surface area (TPSA) is 113 Å². The largest absolute Gasteiger partial charge is 0.394 e. The van der Waals surface area contributed by atoms with Crippen molar-refractivity contribution in [3.63, 3.8) is 0 Å². The van der Waals surface area contributed by atoms with Crippen molar-refractivity contribution in [2.45, 2.75) is 62.6 Å². The van der Waals surface area contributed by atoms with Crippen molar-refractivity contribution < 1.29 is 28.5 Å². The van der Waals surface area contributed by atoms with Crippen LogP contribution in [0.15, 0.2) is 18.2 Å². The summed E-state index contributed by atoms with van der Waals surface area (Å²) in [6.45, 7) is 5.21. The van der Waals surface area contributed by atoms with Gasteiger partial charge in [0.25, 0.3) is 11.6 Å². The van der Waals surface area contributed by atoms with Crippen molar-refractivity contribution in [3.8, 4) is 0 Å². The first-order valence-corrected chi connectivity index (χ1v) is 14.2. The molecule has 0 unspecified atom stereocenters. The molecule has 2 saturated heterocycles. The number of aliphatic hydroxyl groups excluding tert-OH is 1. The van der Waals surface area contributed by atoms with Gasteiger partial charge in [-0.15, -0.1) is 0 Å². The van der Waals surface area contributed by atoms with E-state index in [2.05, 4.69) is 0 Å². The van der Waals surface area contributed by atoms with Gasteiger partial charge in [-0.2, -0.15) is 0 Å². The average molecular weight is 480 g/mol. The molecule has 9 nitrogen and oxygen atoms in total. The Kier molecular flexibility index (Phi) is 5.86. The number of aliphatic hydroxyl groups is 1. The highest BCUT2D eigenvalue weighted by atomic mass is 28.4. The van der Waals surface area contributed by atoms with Crippen molar-refractivity contribution in [1.29, 1.82) is 0 Å². The molecule has 0 aliphatic carbocycles. The van der Waals surface area contributed by atoms with Gasteiger partial charge >= 0.3 is 0 Å². The van der Waals surface area contributed by atoms with E-state index in [4.69, 9.17) is 4.74 Å². The number of hydrogen-bond acceptors (Lipinski definition) is 6. The summed E-state index contributed by atoms with van der Waals surface area (Å²) in [4.78, 5) is 40.6. The third-order valence-corrected chi connectivity index (χ3v) is 10.0. The third-order valence-electron chi connectivity index (χ3n) is 7.57. The Labute approximate surface area is 192 Å². The van der Waals surface area contributed by atoms with Crippen molar-refractivity contribution in [3.05, 3.63) is 33.9 Å². The minimum atomic E-state index is -3.43. The molecule has 5 atom stereocenters. The summed E-state index contributed by atoms with van der Waals surface area (Å²) in [5.41, 5.74) is -1.59. The van der Waals surface area contributed by atoms with Gasteiger partial charge in [0.1, 0.15) is 0 Å². The molecule has 2 fully saturated rings. The van der Waals surface area contributed by atoms with E-state index in [1.165, 1.54) is 36.2 Å². The number of fused-ring (bicyclic) bond motifs is 2. The number of halogens is 1. The van der Waals surface area contributed by atoms with Gasteiger partial charge in [0.05, 0.1) is 35.8 Å². The predicted molar refractivity (Wildman–Crippen MR) is 121 cm³/mol. The lowest BCUT2D eigenvalue weighted by atomic mass is 9.82. The van der Waals surface area contributed by atoms with Gasteiger partial charge in [-0.05, 0) is 32.0 Å². The van der Waals surface area contributed by atoms with Crippen LogP contribution in [0.3, 0.4) is 0 Å². The van der Waals surface area contributed by atoms with E-state index in [-0.39, 0.29) is 30.7 Å². The Morgan fingerprint density at radius 2 is 2.12 bits per heavy atom. The molecule has 180 valence electrons. The minimum absolute atomic E-state index is 0.102. The van der Waals surface area contributed by atoms with E-state index < -0.39 is 42.4 Å². The molecule has 1 aromatic carbocycles. The highest BCUT2D eigenvalue weighted by molar-refractivity contribution is 6.72. The molecule has 0 bridgehead atoms. The number of nitrogens with zero attached hydrogens (tertiary/aromatic N) is 3. The molecule has 1 aromatic rings. The smallest absolute Gasteiger partial charge is 0.269 e. The molecule has 0 aromatic heterocycles. The second-order valence-electron chi connectivity index (χ2n) is 9.86. The van der Waals surface area contributed by atoms with Crippen LogP contribution in [-0.2, 0) is 19.9 Å². The fraction of sp³-hybridized carbons (Fsp3) is 0.636. The van der Waals surface area contributed by atoms with Gasteiger partial charge < -0.3 is 23.8 Å². The van der Waals surface area contributed by atoms with Crippen LogP contribution in [0.25, 0.3) is 0 Å². The van der Waals surface area contributed by atoms with Gasteiger partial charge in [0.2, 0.25) is 14.3 Å². The molecule has 0 radical (unpaired) electrons. The number of carbonyl (C=O) groups is 2. The summed E-state index contributed by atoms with van der Waals surface area (Å²) in [5.74, 6) is -1.26. The molecule has 1 spiro atoms. The van der Waals surface area contributed by atoms with Gasteiger partial charge in [0.15, 0.2) is 5.60 Å². The Balaban J connectivity index is 1.75. The van der Waals surface area contributed by atoms with Gasteiger partial charge in [-0.25, -0.2) is 0 Å². The molecule has 2 amide bonds. The first-order chi connectivity index (χ1) is 15.4. The number of hydrogen-bond donors (Lipinski definition) is 1. The quantitative estimate of drug-likeness (QED) is 0.301. The summed E-state index contributed by atoms with van der Waals surface area (Å²) in [7, 11) is -1.86. The maximum atomic E-state index is 15.7. The van der Waals surface area contributed by atoms with E-state index in [0.717, 1.165) is 6.42 Å².